The number of hydrogen-bond acceptors (Lipinski definition) is 6. The Morgan fingerprint density at radius 3 is 0.984 bits per heavy atom. The summed E-state index contributed by atoms with van der Waals surface area (Å²) in [5.74, 6) is -0.962. The molecular weight excluding hydrogens is 793 g/mol. The van der Waals surface area contributed by atoms with E-state index in [-0.39, 0.29) is 31.1 Å². The van der Waals surface area contributed by atoms with Crippen molar-refractivity contribution in [3.05, 3.63) is 109 Å². The third-order valence-corrected chi connectivity index (χ3v) is 10.5. The minimum Gasteiger partial charge on any atom is -0.462 e. The summed E-state index contributed by atoms with van der Waals surface area (Å²) in [6.45, 7) is 6.32. The van der Waals surface area contributed by atoms with Gasteiger partial charge in [-0.05, 0) is 103 Å². The molecule has 0 fully saturated rings. The molecule has 1 atom stereocenters. The van der Waals surface area contributed by atoms with Gasteiger partial charge in [0.2, 0.25) is 0 Å². The van der Waals surface area contributed by atoms with Crippen LogP contribution in [0, 0.1) is 0 Å². The first kappa shape index (κ1) is 60.1. The quantitative estimate of drug-likeness (QED) is 0.0262. The van der Waals surface area contributed by atoms with Crippen LogP contribution in [0.2, 0.25) is 0 Å². The van der Waals surface area contributed by atoms with Gasteiger partial charge in [0, 0.05) is 19.3 Å². The van der Waals surface area contributed by atoms with Crippen molar-refractivity contribution in [2.75, 3.05) is 13.2 Å². The Morgan fingerprint density at radius 1 is 0.328 bits per heavy atom. The second kappa shape index (κ2) is 51.7. The summed E-state index contributed by atoms with van der Waals surface area (Å²) in [5.41, 5.74) is 0. The summed E-state index contributed by atoms with van der Waals surface area (Å²) in [6, 6.07) is 0. The van der Waals surface area contributed by atoms with Crippen LogP contribution < -0.4 is 0 Å². The van der Waals surface area contributed by atoms with Crippen LogP contribution in [0.1, 0.15) is 220 Å². The number of carbonyl (C=O) groups is 3. The van der Waals surface area contributed by atoms with Crippen molar-refractivity contribution in [1.82, 2.24) is 0 Å². The Bertz CT molecular complexity index is 1340. The Morgan fingerprint density at radius 2 is 0.609 bits per heavy atom. The molecule has 64 heavy (non-hydrogen) atoms. The standard InChI is InChI=1S/C58H94O6/c1-4-7-10-13-16-19-21-23-25-27-28-29-30-32-33-35-37-39-42-45-48-51-57(60)63-54-55(53-62-56(59)50-47-44-41-18-15-12-9-6-3)64-58(61)52-49-46-43-40-38-36-34-31-26-24-22-20-17-14-11-8-5-2/h7-8,10-11,16-17,19-20,23-26,28-29,32-33,37,39,55H,4-6,9,12-15,18,21-22,27,30-31,34-36,38,40-54H2,1-3H3/b10-7-,11-8-,19-16-,20-17-,25-23-,26-24-,29-28-,33-32-,39-37-. The van der Waals surface area contributed by atoms with Gasteiger partial charge >= 0.3 is 17.9 Å². The topological polar surface area (TPSA) is 78.9 Å². The molecule has 0 bridgehead atoms. The molecule has 0 saturated heterocycles. The summed E-state index contributed by atoms with van der Waals surface area (Å²) in [6.07, 6.45) is 69.4. The lowest BCUT2D eigenvalue weighted by Gasteiger charge is -2.18. The fraction of sp³-hybridized carbons (Fsp3) is 0.638. The van der Waals surface area contributed by atoms with Crippen LogP contribution >= 0.6 is 0 Å². The highest BCUT2D eigenvalue weighted by Crippen LogP contribution is 2.13. The van der Waals surface area contributed by atoms with E-state index < -0.39 is 6.10 Å². The van der Waals surface area contributed by atoms with Crippen molar-refractivity contribution < 1.29 is 28.6 Å². The van der Waals surface area contributed by atoms with E-state index in [2.05, 4.69) is 130 Å². The average Bonchev–Trinajstić information content (AvgIpc) is 3.29. The average molecular weight is 887 g/mol. The lowest BCUT2D eigenvalue weighted by Crippen LogP contribution is -2.30. The van der Waals surface area contributed by atoms with Gasteiger partial charge in [0.1, 0.15) is 13.2 Å². The smallest absolute Gasteiger partial charge is 0.306 e. The Hall–Kier alpha value is -3.93. The zero-order chi connectivity index (χ0) is 46.5. The van der Waals surface area contributed by atoms with E-state index in [9.17, 15) is 14.4 Å². The molecule has 0 saturated carbocycles. The summed E-state index contributed by atoms with van der Waals surface area (Å²) in [5, 5.41) is 0. The Labute approximate surface area is 393 Å². The highest BCUT2D eigenvalue weighted by atomic mass is 16.6. The number of unbranched alkanes of at least 4 members (excludes halogenated alkanes) is 16. The van der Waals surface area contributed by atoms with Crippen LogP contribution in [0.25, 0.3) is 0 Å². The van der Waals surface area contributed by atoms with Crippen molar-refractivity contribution in [1.29, 1.82) is 0 Å². The van der Waals surface area contributed by atoms with Crippen LogP contribution in [0.15, 0.2) is 109 Å². The zero-order valence-corrected chi connectivity index (χ0v) is 41.3. The molecule has 0 aromatic heterocycles. The largest absolute Gasteiger partial charge is 0.462 e. The highest BCUT2D eigenvalue weighted by molar-refractivity contribution is 5.71. The zero-order valence-electron chi connectivity index (χ0n) is 41.3. The first-order valence-electron chi connectivity index (χ1n) is 25.9. The Balaban J connectivity index is 4.40. The van der Waals surface area contributed by atoms with Crippen molar-refractivity contribution in [2.45, 2.75) is 226 Å². The monoisotopic (exact) mass is 887 g/mol. The number of ether oxygens (including phenoxy) is 3. The summed E-state index contributed by atoms with van der Waals surface area (Å²) < 4.78 is 16.7. The predicted octanol–water partition coefficient (Wildman–Crippen LogP) is 17.1. The molecule has 0 aromatic rings. The van der Waals surface area contributed by atoms with E-state index in [0.29, 0.717) is 19.3 Å². The molecule has 362 valence electrons. The predicted molar refractivity (Wildman–Crippen MR) is 274 cm³/mol. The minimum absolute atomic E-state index is 0.0971. The van der Waals surface area contributed by atoms with Crippen molar-refractivity contribution in [2.24, 2.45) is 0 Å². The summed E-state index contributed by atoms with van der Waals surface area (Å²) in [4.78, 5) is 37.9. The molecule has 0 amide bonds. The fourth-order valence-electron chi connectivity index (χ4n) is 6.69. The number of hydrogen-bond donors (Lipinski definition) is 0. The highest BCUT2D eigenvalue weighted by Gasteiger charge is 2.19. The maximum absolute atomic E-state index is 12.8. The molecule has 1 unspecified atom stereocenters. The van der Waals surface area contributed by atoms with Gasteiger partial charge in [0.25, 0.3) is 0 Å². The van der Waals surface area contributed by atoms with Gasteiger partial charge in [-0.1, -0.05) is 207 Å². The van der Waals surface area contributed by atoms with Crippen LogP contribution in [-0.2, 0) is 28.6 Å². The van der Waals surface area contributed by atoms with E-state index >= 15 is 0 Å². The molecule has 0 aliphatic rings. The number of esters is 3. The van der Waals surface area contributed by atoms with Gasteiger partial charge in [-0.25, -0.2) is 0 Å². The molecule has 0 aromatic carbocycles. The third-order valence-electron chi connectivity index (χ3n) is 10.5. The molecule has 0 spiro atoms. The van der Waals surface area contributed by atoms with Gasteiger partial charge < -0.3 is 14.2 Å². The summed E-state index contributed by atoms with van der Waals surface area (Å²) >= 11 is 0. The molecule has 0 rings (SSSR count). The Kier molecular flexibility index (Phi) is 48.5. The van der Waals surface area contributed by atoms with Crippen molar-refractivity contribution >= 4 is 17.9 Å². The van der Waals surface area contributed by atoms with Crippen molar-refractivity contribution in [3.63, 3.8) is 0 Å². The number of rotatable bonds is 45. The molecule has 0 aliphatic heterocycles. The maximum Gasteiger partial charge on any atom is 0.306 e. The molecule has 0 heterocycles. The molecule has 6 nitrogen and oxygen atoms in total. The molecule has 0 aliphatic carbocycles. The SMILES string of the molecule is CC/C=C\C/C=C\C/C=C\C/C=C\C/C=C\C/C=C\CCCCC(=O)OCC(COC(=O)CCCCCCCCCC)OC(=O)CCCCCCCCC/C=C\C/C=C\C/C=C\CC. The van der Waals surface area contributed by atoms with Gasteiger partial charge in [-0.15, -0.1) is 0 Å². The van der Waals surface area contributed by atoms with E-state index in [1.165, 1.54) is 57.8 Å². The number of carbonyl (C=O) groups excluding carboxylic acids is 3. The molecular formula is C58H94O6. The van der Waals surface area contributed by atoms with E-state index in [1.54, 1.807) is 0 Å². The van der Waals surface area contributed by atoms with Gasteiger partial charge in [-0.3, -0.25) is 14.4 Å². The third kappa shape index (κ3) is 49.1. The van der Waals surface area contributed by atoms with Gasteiger partial charge in [0.05, 0.1) is 0 Å². The van der Waals surface area contributed by atoms with Crippen LogP contribution in [0.3, 0.4) is 0 Å². The number of allylic oxidation sites excluding steroid dienone is 18. The van der Waals surface area contributed by atoms with Crippen LogP contribution in [-0.4, -0.2) is 37.2 Å². The lowest BCUT2D eigenvalue weighted by atomic mass is 10.1. The van der Waals surface area contributed by atoms with E-state index in [0.717, 1.165) is 122 Å². The normalized spacial score (nSPS) is 13.0. The van der Waals surface area contributed by atoms with Crippen molar-refractivity contribution in [3.8, 4) is 0 Å². The first-order valence-corrected chi connectivity index (χ1v) is 25.9. The second-order valence-electron chi connectivity index (χ2n) is 16.7. The molecule has 0 radical (unpaired) electrons. The summed E-state index contributed by atoms with van der Waals surface area (Å²) in [7, 11) is 0. The van der Waals surface area contributed by atoms with Gasteiger partial charge in [-0.2, -0.15) is 0 Å². The van der Waals surface area contributed by atoms with E-state index in [1.807, 2.05) is 0 Å². The van der Waals surface area contributed by atoms with Crippen LogP contribution in [0.4, 0.5) is 0 Å². The second-order valence-corrected chi connectivity index (χ2v) is 16.7. The fourth-order valence-corrected chi connectivity index (χ4v) is 6.69. The van der Waals surface area contributed by atoms with E-state index in [4.69, 9.17) is 14.2 Å². The molecule has 6 heteroatoms. The first-order chi connectivity index (χ1) is 31.5. The van der Waals surface area contributed by atoms with Crippen LogP contribution in [0.5, 0.6) is 0 Å². The van der Waals surface area contributed by atoms with Gasteiger partial charge in [0.15, 0.2) is 6.10 Å². The maximum atomic E-state index is 12.8. The lowest BCUT2D eigenvalue weighted by molar-refractivity contribution is -0.167. The minimum atomic E-state index is -0.800. The molecule has 0 N–H and O–H groups in total.